The van der Waals surface area contributed by atoms with E-state index in [-0.39, 0.29) is 0 Å². The summed E-state index contributed by atoms with van der Waals surface area (Å²) >= 11 is 0. The SMILES string of the molecule is C=c1c(=C)c(=C)c2c3ccccc3c3ccccc3c3ccccc3c3ccccc3c2c1=C.N=C=O.N=C=O.N=C=O.N=C=O.N=C=O. The smallest absolute Gasteiger partial charge is 0.222 e. The van der Waals surface area contributed by atoms with Gasteiger partial charge in [-0.25, -0.2) is 51.0 Å². The first-order valence-electron chi connectivity index (χ1n) is 13.7. The summed E-state index contributed by atoms with van der Waals surface area (Å²) in [4.78, 5) is 41.7. The van der Waals surface area contributed by atoms with Crippen molar-refractivity contribution in [1.29, 1.82) is 27.0 Å². The first-order valence-corrected chi connectivity index (χ1v) is 13.7. The van der Waals surface area contributed by atoms with Gasteiger partial charge in [0, 0.05) is 0 Å². The van der Waals surface area contributed by atoms with Crippen LogP contribution in [-0.2, 0) is 24.0 Å². The maximum atomic E-state index is 8.35. The van der Waals surface area contributed by atoms with Crippen molar-refractivity contribution in [3.8, 4) is 0 Å². The van der Waals surface area contributed by atoms with Crippen LogP contribution < -0.4 is 20.9 Å². The summed E-state index contributed by atoms with van der Waals surface area (Å²) in [5.41, 5.74) is 0. The molecule has 6 rings (SSSR count). The summed E-state index contributed by atoms with van der Waals surface area (Å²) < 4.78 is 0. The van der Waals surface area contributed by atoms with Gasteiger partial charge in [0.25, 0.3) is 0 Å². The molecule has 10 nitrogen and oxygen atoms in total. The second-order valence-corrected chi connectivity index (χ2v) is 9.36. The van der Waals surface area contributed by atoms with Gasteiger partial charge in [0.2, 0.25) is 30.4 Å². The number of nitrogens with one attached hydrogen (secondary N) is 5. The molecule has 0 aromatic heterocycles. The van der Waals surface area contributed by atoms with Gasteiger partial charge in [0.15, 0.2) is 0 Å². The van der Waals surface area contributed by atoms with E-state index < -0.39 is 0 Å². The zero-order valence-electron chi connectivity index (χ0n) is 26.1. The van der Waals surface area contributed by atoms with Crippen LogP contribution in [0.25, 0.3) is 80.2 Å². The highest BCUT2D eigenvalue weighted by Gasteiger charge is 2.09. The van der Waals surface area contributed by atoms with Crippen LogP contribution in [0.4, 0.5) is 0 Å². The van der Waals surface area contributed by atoms with Crippen molar-refractivity contribution >= 4 is 111 Å². The van der Waals surface area contributed by atoms with E-state index >= 15 is 0 Å². The van der Waals surface area contributed by atoms with Crippen LogP contribution in [0.5, 0.6) is 0 Å². The molecule has 0 saturated carbocycles. The molecule has 0 spiro atoms. The van der Waals surface area contributed by atoms with Crippen LogP contribution >= 0.6 is 0 Å². The first-order chi connectivity index (χ1) is 23.6. The maximum absolute atomic E-state index is 8.35. The molecule has 10 heteroatoms. The number of isocyanates is 5. The number of fused-ring (bicyclic) bond motifs is 10. The third-order valence-corrected chi connectivity index (χ3v) is 7.06. The Morgan fingerprint density at radius 1 is 0.306 bits per heavy atom. The summed E-state index contributed by atoms with van der Waals surface area (Å²) in [7, 11) is 0. The number of hydrogen-bond donors (Lipinski definition) is 5. The van der Waals surface area contributed by atoms with Crippen molar-refractivity contribution in [2.24, 2.45) is 0 Å². The Labute approximate surface area is 279 Å². The summed E-state index contributed by atoms with van der Waals surface area (Å²) in [6.07, 6.45) is 3.75. The average molecular weight is 648 g/mol. The molecule has 240 valence electrons. The molecule has 0 amide bonds. The number of carbonyl (C=O) groups excluding carboxylic acids is 5. The average Bonchev–Trinajstić information content (AvgIpc) is 3.10. The normalized spacial score (nSPS) is 8.73. The van der Waals surface area contributed by atoms with E-state index in [1.54, 1.807) is 0 Å². The van der Waals surface area contributed by atoms with Gasteiger partial charge in [-0.3, -0.25) is 0 Å². The highest BCUT2D eigenvalue weighted by Crippen LogP contribution is 2.33. The third kappa shape index (κ3) is 9.25. The van der Waals surface area contributed by atoms with Crippen molar-refractivity contribution in [2.45, 2.75) is 0 Å². The van der Waals surface area contributed by atoms with Crippen molar-refractivity contribution in [3.05, 3.63) is 118 Å². The second kappa shape index (κ2) is 20.5. The van der Waals surface area contributed by atoms with Crippen LogP contribution in [0.1, 0.15) is 0 Å². The Kier molecular flexibility index (Phi) is 16.5. The summed E-state index contributed by atoms with van der Waals surface area (Å²) in [5, 5.41) is 42.1. The van der Waals surface area contributed by atoms with E-state index in [0.29, 0.717) is 0 Å². The molecule has 0 aliphatic heterocycles. The second-order valence-electron chi connectivity index (χ2n) is 9.36. The quantitative estimate of drug-likeness (QED) is 0.103. The molecular formula is C39H29N5O5. The molecule has 0 aliphatic rings. The minimum absolute atomic E-state index is 0.750. The van der Waals surface area contributed by atoms with Gasteiger partial charge in [-0.2, -0.15) is 0 Å². The molecule has 0 unspecified atom stereocenters. The van der Waals surface area contributed by atoms with E-state index in [0.717, 1.165) is 72.8 Å². The van der Waals surface area contributed by atoms with Crippen molar-refractivity contribution in [1.82, 2.24) is 0 Å². The lowest BCUT2D eigenvalue weighted by Gasteiger charge is -2.11. The van der Waals surface area contributed by atoms with Crippen molar-refractivity contribution < 1.29 is 24.0 Å². The molecule has 6 aromatic carbocycles. The summed E-state index contributed by atoms with van der Waals surface area (Å²) in [6, 6.07) is 34.5. The topological polar surface area (TPSA) is 205 Å². The lowest BCUT2D eigenvalue weighted by atomic mass is 9.92. The molecule has 0 bridgehead atoms. The van der Waals surface area contributed by atoms with Crippen LogP contribution in [-0.4, -0.2) is 30.4 Å². The van der Waals surface area contributed by atoms with Gasteiger partial charge in [-0.15, -0.1) is 0 Å². The summed E-state index contributed by atoms with van der Waals surface area (Å²) in [5.74, 6) is 0. The highest BCUT2D eigenvalue weighted by molar-refractivity contribution is 6.26. The molecule has 49 heavy (non-hydrogen) atoms. The number of benzene rings is 5. The molecule has 0 atom stereocenters. The molecule has 0 radical (unpaired) electrons. The van der Waals surface area contributed by atoms with Crippen molar-refractivity contribution in [2.75, 3.05) is 0 Å². The molecule has 6 aromatic rings. The van der Waals surface area contributed by atoms with E-state index in [2.05, 4.69) is 123 Å². The molecule has 5 N–H and O–H groups in total. The maximum Gasteiger partial charge on any atom is 0.231 e. The zero-order chi connectivity index (χ0) is 36.9. The van der Waals surface area contributed by atoms with Crippen molar-refractivity contribution in [3.63, 3.8) is 0 Å². The van der Waals surface area contributed by atoms with Gasteiger partial charge in [0.05, 0.1) is 0 Å². The molecule has 0 fully saturated rings. The monoisotopic (exact) mass is 647 g/mol. The Balaban J connectivity index is 0.000000690. The van der Waals surface area contributed by atoms with E-state index in [1.807, 2.05) is 0 Å². The van der Waals surface area contributed by atoms with E-state index in [4.69, 9.17) is 51.0 Å². The van der Waals surface area contributed by atoms with Gasteiger partial charge < -0.3 is 0 Å². The first kappa shape index (κ1) is 39.5. The Morgan fingerprint density at radius 2 is 0.449 bits per heavy atom. The minimum atomic E-state index is 0.750. The number of hydrogen-bond acceptors (Lipinski definition) is 10. The molecule has 0 aliphatic carbocycles. The largest absolute Gasteiger partial charge is 0.231 e. The zero-order valence-corrected chi connectivity index (χ0v) is 26.1. The minimum Gasteiger partial charge on any atom is -0.222 e. The molecule has 0 saturated heterocycles. The Bertz CT molecular complexity index is 2380. The fourth-order valence-corrected chi connectivity index (χ4v) is 5.34. The van der Waals surface area contributed by atoms with Crippen LogP contribution in [0.2, 0.25) is 0 Å². The lowest BCUT2D eigenvalue weighted by molar-refractivity contribution is 0.562. The third-order valence-electron chi connectivity index (χ3n) is 7.06. The van der Waals surface area contributed by atoms with E-state index in [9.17, 15) is 0 Å². The van der Waals surface area contributed by atoms with Gasteiger partial charge >= 0.3 is 0 Å². The number of rotatable bonds is 0. The van der Waals surface area contributed by atoms with Crippen LogP contribution in [0, 0.1) is 27.0 Å². The highest BCUT2D eigenvalue weighted by atomic mass is 16.1. The van der Waals surface area contributed by atoms with Crippen LogP contribution in [0.3, 0.4) is 0 Å². The Morgan fingerprint density at radius 3 is 0.633 bits per heavy atom. The predicted octanol–water partition coefficient (Wildman–Crippen LogP) is 5.72. The van der Waals surface area contributed by atoms with E-state index in [1.165, 1.54) is 32.3 Å². The standard InChI is InChI=1S/C34H24.5CHNO/c1-21-22(2)24(4)34-32-20-12-10-18-30(32)28-16-8-6-14-26(28)25-13-5-7-15-27(25)29-17-9-11-19-31(29)33(34)23(21)3;5*2-1-3/h5-20H,1-4H2;5*2H. The Hall–Kier alpha value is -7.52. The van der Waals surface area contributed by atoms with Crippen LogP contribution in [0.15, 0.2) is 97.1 Å². The summed E-state index contributed by atoms with van der Waals surface area (Å²) in [6.45, 7) is 17.7. The molecule has 0 heterocycles. The predicted molar refractivity (Wildman–Crippen MR) is 194 cm³/mol. The molecular weight excluding hydrogens is 618 g/mol. The lowest BCUT2D eigenvalue weighted by Crippen LogP contribution is -2.46. The van der Waals surface area contributed by atoms with Gasteiger partial charge in [0.1, 0.15) is 0 Å². The van der Waals surface area contributed by atoms with Gasteiger partial charge in [-0.05, 0) is 74.7 Å². The van der Waals surface area contributed by atoms with Gasteiger partial charge in [-0.1, -0.05) is 123 Å². The fraction of sp³-hybridized carbons (Fsp3) is 0. The fourth-order valence-electron chi connectivity index (χ4n) is 5.34.